The molecular formula is C18H22FNO2. The Hall–Kier alpha value is -1.94. The number of amides is 1. The molecule has 0 heterocycles. The Morgan fingerprint density at radius 3 is 2.36 bits per heavy atom. The molecule has 0 aliphatic heterocycles. The van der Waals surface area contributed by atoms with Gasteiger partial charge in [0.1, 0.15) is 6.10 Å². The van der Waals surface area contributed by atoms with Crippen LogP contribution in [0, 0.1) is 0 Å². The molecular weight excluding hydrogens is 281 g/mol. The Kier molecular flexibility index (Phi) is 4.81. The SMILES string of the molecule is CCN(CC)C(=O)[C@](C)(F)[C@@H](O)c1ccc2ccccc2c1. The fourth-order valence-electron chi connectivity index (χ4n) is 2.63. The Bertz CT molecular complexity index is 665. The van der Waals surface area contributed by atoms with Gasteiger partial charge in [-0.15, -0.1) is 0 Å². The molecule has 0 saturated heterocycles. The normalized spacial score (nSPS) is 15.3. The molecule has 2 atom stereocenters. The zero-order valence-corrected chi connectivity index (χ0v) is 13.2. The van der Waals surface area contributed by atoms with Crippen LogP contribution >= 0.6 is 0 Å². The van der Waals surface area contributed by atoms with Gasteiger partial charge in [0, 0.05) is 13.1 Å². The third-order valence-corrected chi connectivity index (χ3v) is 4.07. The predicted octanol–water partition coefficient (Wildman–Crippen LogP) is 3.47. The first-order valence-electron chi connectivity index (χ1n) is 7.56. The summed E-state index contributed by atoms with van der Waals surface area (Å²) in [6, 6.07) is 12.9. The van der Waals surface area contributed by atoms with Gasteiger partial charge in [0.25, 0.3) is 5.91 Å². The van der Waals surface area contributed by atoms with E-state index in [9.17, 15) is 14.3 Å². The highest BCUT2D eigenvalue weighted by atomic mass is 19.1. The van der Waals surface area contributed by atoms with Crippen molar-refractivity contribution in [2.24, 2.45) is 0 Å². The topological polar surface area (TPSA) is 40.5 Å². The summed E-state index contributed by atoms with van der Waals surface area (Å²) < 4.78 is 14.9. The number of hydrogen-bond acceptors (Lipinski definition) is 2. The first-order valence-corrected chi connectivity index (χ1v) is 7.56. The highest BCUT2D eigenvalue weighted by Crippen LogP contribution is 2.32. The molecule has 2 aromatic carbocycles. The minimum atomic E-state index is -2.35. The van der Waals surface area contributed by atoms with E-state index in [1.807, 2.05) is 30.3 Å². The third kappa shape index (κ3) is 2.97. The molecule has 22 heavy (non-hydrogen) atoms. The molecule has 0 aromatic heterocycles. The molecule has 4 heteroatoms. The molecule has 0 unspecified atom stereocenters. The minimum absolute atomic E-state index is 0.407. The van der Waals surface area contributed by atoms with Crippen molar-refractivity contribution >= 4 is 16.7 Å². The van der Waals surface area contributed by atoms with Gasteiger partial charge < -0.3 is 10.0 Å². The molecule has 0 spiro atoms. The second-order valence-electron chi connectivity index (χ2n) is 5.56. The quantitative estimate of drug-likeness (QED) is 0.919. The molecule has 2 rings (SSSR count). The molecule has 2 aromatic rings. The van der Waals surface area contributed by atoms with Crippen molar-refractivity contribution in [1.82, 2.24) is 4.90 Å². The number of fused-ring (bicyclic) bond motifs is 1. The van der Waals surface area contributed by atoms with Crippen LogP contribution in [0.3, 0.4) is 0 Å². The van der Waals surface area contributed by atoms with Crippen LogP contribution in [0.5, 0.6) is 0 Å². The minimum Gasteiger partial charge on any atom is -0.384 e. The smallest absolute Gasteiger partial charge is 0.263 e. The van der Waals surface area contributed by atoms with E-state index >= 15 is 0 Å². The summed E-state index contributed by atoms with van der Waals surface area (Å²) in [5, 5.41) is 12.3. The third-order valence-electron chi connectivity index (χ3n) is 4.07. The van der Waals surface area contributed by atoms with Crippen LogP contribution in [0.4, 0.5) is 4.39 Å². The van der Waals surface area contributed by atoms with Crippen LogP contribution < -0.4 is 0 Å². The van der Waals surface area contributed by atoms with E-state index in [0.29, 0.717) is 18.7 Å². The van der Waals surface area contributed by atoms with Crippen LogP contribution in [0.25, 0.3) is 10.8 Å². The summed E-state index contributed by atoms with van der Waals surface area (Å²) in [6.07, 6.45) is -1.50. The van der Waals surface area contributed by atoms with Crippen molar-refractivity contribution in [3.8, 4) is 0 Å². The van der Waals surface area contributed by atoms with Crippen molar-refractivity contribution in [3.05, 3.63) is 48.0 Å². The van der Waals surface area contributed by atoms with Crippen LogP contribution in [0.1, 0.15) is 32.4 Å². The maximum atomic E-state index is 14.9. The highest BCUT2D eigenvalue weighted by Gasteiger charge is 2.43. The number of aliphatic hydroxyl groups is 1. The van der Waals surface area contributed by atoms with Gasteiger partial charge in [-0.1, -0.05) is 36.4 Å². The van der Waals surface area contributed by atoms with Gasteiger partial charge in [0.2, 0.25) is 5.67 Å². The summed E-state index contributed by atoms with van der Waals surface area (Å²) >= 11 is 0. The molecule has 0 aliphatic rings. The number of benzene rings is 2. The van der Waals surface area contributed by atoms with Crippen LogP contribution in [-0.4, -0.2) is 34.7 Å². The van der Waals surface area contributed by atoms with E-state index < -0.39 is 17.7 Å². The molecule has 0 radical (unpaired) electrons. The average molecular weight is 303 g/mol. The number of hydrogen-bond donors (Lipinski definition) is 1. The molecule has 0 bridgehead atoms. The number of alkyl halides is 1. The molecule has 1 N–H and O–H groups in total. The molecule has 118 valence electrons. The lowest BCUT2D eigenvalue weighted by molar-refractivity contribution is -0.150. The lowest BCUT2D eigenvalue weighted by atomic mass is 9.91. The maximum Gasteiger partial charge on any atom is 0.263 e. The van der Waals surface area contributed by atoms with Gasteiger partial charge in [-0.25, -0.2) is 4.39 Å². The van der Waals surface area contributed by atoms with E-state index in [4.69, 9.17) is 0 Å². The van der Waals surface area contributed by atoms with E-state index in [1.165, 1.54) is 4.90 Å². The number of aliphatic hydroxyl groups excluding tert-OH is 1. The zero-order chi connectivity index (χ0) is 16.3. The molecule has 1 amide bonds. The van der Waals surface area contributed by atoms with E-state index in [-0.39, 0.29) is 0 Å². The van der Waals surface area contributed by atoms with Gasteiger partial charge in [-0.2, -0.15) is 0 Å². The molecule has 0 fully saturated rings. The van der Waals surface area contributed by atoms with Gasteiger partial charge in [-0.05, 0) is 43.2 Å². The summed E-state index contributed by atoms with van der Waals surface area (Å²) in [6.45, 7) is 5.56. The average Bonchev–Trinajstić information content (AvgIpc) is 2.54. The zero-order valence-electron chi connectivity index (χ0n) is 13.2. The summed E-state index contributed by atoms with van der Waals surface area (Å²) in [5.74, 6) is -0.682. The van der Waals surface area contributed by atoms with Gasteiger partial charge in [0.15, 0.2) is 0 Å². The van der Waals surface area contributed by atoms with Crippen LogP contribution in [0.2, 0.25) is 0 Å². The first kappa shape index (κ1) is 16.4. The molecule has 0 aliphatic carbocycles. The first-order chi connectivity index (χ1) is 10.4. The van der Waals surface area contributed by atoms with E-state index in [2.05, 4.69) is 0 Å². The lowest BCUT2D eigenvalue weighted by Gasteiger charge is -2.31. The fourth-order valence-corrected chi connectivity index (χ4v) is 2.63. The number of carbonyl (C=O) groups is 1. The predicted molar refractivity (Wildman–Crippen MR) is 86.3 cm³/mol. The van der Waals surface area contributed by atoms with Gasteiger partial charge in [0.05, 0.1) is 0 Å². The largest absolute Gasteiger partial charge is 0.384 e. The van der Waals surface area contributed by atoms with E-state index in [1.54, 1.807) is 26.0 Å². The summed E-state index contributed by atoms with van der Waals surface area (Å²) in [5.41, 5.74) is -1.95. The number of carbonyl (C=O) groups excluding carboxylic acids is 1. The Labute approximate surface area is 130 Å². The van der Waals surface area contributed by atoms with Crippen molar-refractivity contribution in [2.75, 3.05) is 13.1 Å². The van der Waals surface area contributed by atoms with Crippen LogP contribution in [0.15, 0.2) is 42.5 Å². The summed E-state index contributed by atoms with van der Waals surface area (Å²) in [4.78, 5) is 13.7. The van der Waals surface area contributed by atoms with Gasteiger partial charge in [-0.3, -0.25) is 4.79 Å². The van der Waals surface area contributed by atoms with Crippen molar-refractivity contribution in [2.45, 2.75) is 32.5 Å². The van der Waals surface area contributed by atoms with Crippen molar-refractivity contribution in [3.63, 3.8) is 0 Å². The second-order valence-corrected chi connectivity index (χ2v) is 5.56. The molecule has 3 nitrogen and oxygen atoms in total. The fraction of sp³-hybridized carbons (Fsp3) is 0.389. The van der Waals surface area contributed by atoms with Gasteiger partial charge >= 0.3 is 0 Å². The Morgan fingerprint density at radius 2 is 1.77 bits per heavy atom. The van der Waals surface area contributed by atoms with Crippen LogP contribution in [-0.2, 0) is 4.79 Å². The second kappa shape index (κ2) is 6.44. The number of nitrogens with zero attached hydrogens (tertiary/aromatic N) is 1. The van der Waals surface area contributed by atoms with Crippen molar-refractivity contribution in [1.29, 1.82) is 0 Å². The molecule has 0 saturated carbocycles. The Balaban J connectivity index is 2.34. The Morgan fingerprint density at radius 1 is 1.18 bits per heavy atom. The number of halogens is 1. The number of rotatable bonds is 5. The standard InChI is InChI=1S/C18H22FNO2/c1-4-20(5-2)17(22)18(3,19)16(21)15-11-10-13-8-6-7-9-14(13)12-15/h6-12,16,21H,4-5H2,1-3H3/t16-,18+/m0/s1. The van der Waals surface area contributed by atoms with E-state index in [0.717, 1.165) is 17.7 Å². The van der Waals surface area contributed by atoms with Crippen molar-refractivity contribution < 1.29 is 14.3 Å². The highest BCUT2D eigenvalue weighted by molar-refractivity contribution is 5.87. The summed E-state index contributed by atoms with van der Waals surface area (Å²) in [7, 11) is 0. The maximum absolute atomic E-state index is 14.9. The monoisotopic (exact) mass is 303 g/mol. The lowest BCUT2D eigenvalue weighted by Crippen LogP contribution is -2.47.